The molecule has 0 N–H and O–H groups in total. The number of ether oxygens (including phenoxy) is 2. The summed E-state index contributed by atoms with van der Waals surface area (Å²) in [7, 11) is -2.03. The number of carbonyl (C=O) groups excluding carboxylic acids is 1. The predicted octanol–water partition coefficient (Wildman–Crippen LogP) is 7.08. The zero-order valence-electron chi connectivity index (χ0n) is 24.0. The van der Waals surface area contributed by atoms with Gasteiger partial charge in [-0.15, -0.1) is 0 Å². The summed E-state index contributed by atoms with van der Waals surface area (Å²) in [5.41, 5.74) is 4.54. The van der Waals surface area contributed by atoms with E-state index in [2.05, 4.69) is 46.0 Å². The van der Waals surface area contributed by atoms with Gasteiger partial charge in [-0.1, -0.05) is 69.3 Å². The molecule has 3 aliphatic heterocycles. The molecular weight excluding hydrogens is 530 g/mol. The van der Waals surface area contributed by atoms with E-state index in [1.807, 2.05) is 60.7 Å². The van der Waals surface area contributed by atoms with Crippen LogP contribution in [0.4, 0.5) is 0 Å². The van der Waals surface area contributed by atoms with E-state index in [9.17, 15) is 4.79 Å². The molecule has 0 spiro atoms. The molecule has 0 saturated carbocycles. The molecule has 41 heavy (non-hydrogen) atoms. The Kier molecular flexibility index (Phi) is 6.66. The van der Waals surface area contributed by atoms with Crippen molar-refractivity contribution in [1.29, 1.82) is 0 Å². The number of rotatable bonds is 6. The Hall–Kier alpha value is -4.43. The summed E-state index contributed by atoms with van der Waals surface area (Å²) in [6.45, 7) is 11.3. The minimum absolute atomic E-state index is 0.0716. The first-order valence-corrected chi connectivity index (χ1v) is 16.6. The van der Waals surface area contributed by atoms with Crippen LogP contribution in [0.15, 0.2) is 94.7 Å². The lowest BCUT2D eigenvalue weighted by Crippen LogP contribution is -2.43. The molecule has 3 heterocycles. The molecule has 1 amide bonds. The fourth-order valence-corrected chi connectivity index (χ4v) is 5.60. The third-order valence-electron chi connectivity index (χ3n) is 7.88. The molecule has 3 aromatic rings. The number of amides is 1. The highest BCUT2D eigenvalue weighted by Crippen LogP contribution is 2.38. The van der Waals surface area contributed by atoms with Crippen LogP contribution in [0.2, 0.25) is 18.1 Å². The number of benzene rings is 3. The van der Waals surface area contributed by atoms with Crippen LogP contribution in [-0.2, 0) is 11.2 Å². The average Bonchev–Trinajstić information content (AvgIpc) is 3.53. The number of fused-ring (bicyclic) bond motifs is 2. The van der Waals surface area contributed by atoms with Crippen LogP contribution in [0.25, 0.3) is 11.8 Å². The second-order valence-corrected chi connectivity index (χ2v) is 16.6. The van der Waals surface area contributed by atoms with E-state index in [-0.39, 0.29) is 17.7 Å². The van der Waals surface area contributed by atoms with E-state index in [0.717, 1.165) is 28.2 Å². The first kappa shape index (κ1) is 26.8. The first-order chi connectivity index (χ1) is 19.6. The highest BCUT2D eigenvalue weighted by molar-refractivity contribution is 6.74. The Morgan fingerprint density at radius 3 is 2.51 bits per heavy atom. The van der Waals surface area contributed by atoms with E-state index in [0.29, 0.717) is 35.1 Å². The van der Waals surface area contributed by atoms with Gasteiger partial charge in [0.05, 0.1) is 11.4 Å². The smallest absolute Gasteiger partial charge is 0.282 e. The SMILES string of the molecule is CC(C)(C)[Si](C)(C)Oc1cccc(C2=CN3C(=O)C(=Cc4ccc5c(c4)OCO5)N=C3C(Cc3ccccc3)=N2)c1. The van der Waals surface area contributed by atoms with Gasteiger partial charge < -0.3 is 13.9 Å². The predicted molar refractivity (Wildman–Crippen MR) is 165 cm³/mol. The molecule has 0 saturated heterocycles. The fraction of sp³-hybridized carbons (Fsp3) is 0.242. The molecule has 0 unspecified atom stereocenters. The second kappa shape index (κ2) is 10.2. The summed E-state index contributed by atoms with van der Waals surface area (Å²) < 4.78 is 17.5. The van der Waals surface area contributed by atoms with Crippen LogP contribution in [0.1, 0.15) is 37.5 Å². The third-order valence-corrected chi connectivity index (χ3v) is 12.2. The topological polar surface area (TPSA) is 72.7 Å². The van der Waals surface area contributed by atoms with E-state index >= 15 is 0 Å². The Morgan fingerprint density at radius 2 is 1.73 bits per heavy atom. The standard InChI is InChI=1S/C33H33N3O4Si/c1-33(2,3)41(4,5)40-25-13-9-12-24(19-25)28-20-36-31(26(34-28)16-22-10-7-6-8-11-22)35-27(32(36)37)17-23-14-15-29-30(18-23)39-21-38-29/h6-15,17-20H,16,21H2,1-5H3. The Morgan fingerprint density at radius 1 is 0.951 bits per heavy atom. The van der Waals surface area contributed by atoms with Crippen molar-refractivity contribution in [2.45, 2.75) is 45.3 Å². The summed E-state index contributed by atoms with van der Waals surface area (Å²) in [6, 6.07) is 23.7. The van der Waals surface area contributed by atoms with Gasteiger partial charge in [-0.05, 0) is 59.6 Å². The lowest BCUT2D eigenvalue weighted by Gasteiger charge is -2.36. The van der Waals surface area contributed by atoms with Crippen LogP contribution < -0.4 is 13.9 Å². The molecule has 0 aliphatic carbocycles. The fourth-order valence-electron chi connectivity index (χ4n) is 4.57. The molecule has 3 aliphatic rings. The number of hydrogen-bond donors (Lipinski definition) is 0. The van der Waals surface area contributed by atoms with Crippen LogP contribution in [0, 0.1) is 0 Å². The van der Waals surface area contributed by atoms with Crippen molar-refractivity contribution in [3.8, 4) is 17.2 Å². The van der Waals surface area contributed by atoms with E-state index in [1.165, 1.54) is 0 Å². The summed E-state index contributed by atoms with van der Waals surface area (Å²) in [4.78, 5) is 25.1. The summed E-state index contributed by atoms with van der Waals surface area (Å²) >= 11 is 0. The van der Waals surface area contributed by atoms with E-state index in [1.54, 1.807) is 17.2 Å². The van der Waals surface area contributed by atoms with Gasteiger partial charge in [0.2, 0.25) is 15.1 Å². The van der Waals surface area contributed by atoms with Crippen LogP contribution in [-0.4, -0.2) is 37.5 Å². The van der Waals surface area contributed by atoms with Crippen molar-refractivity contribution in [2.75, 3.05) is 6.79 Å². The normalized spacial score (nSPS) is 17.3. The molecule has 6 rings (SSSR count). The van der Waals surface area contributed by atoms with E-state index in [4.69, 9.17) is 23.9 Å². The van der Waals surface area contributed by atoms with Gasteiger partial charge in [0.15, 0.2) is 17.3 Å². The minimum atomic E-state index is -2.03. The highest BCUT2D eigenvalue weighted by atomic mass is 28.4. The molecule has 0 radical (unpaired) electrons. The third kappa shape index (κ3) is 5.35. The molecular formula is C33H33N3O4Si. The number of nitrogens with zero attached hydrogens (tertiary/aromatic N) is 3. The van der Waals surface area contributed by atoms with Gasteiger partial charge in [0.25, 0.3) is 5.91 Å². The van der Waals surface area contributed by atoms with Gasteiger partial charge in [-0.3, -0.25) is 9.69 Å². The molecule has 3 aromatic carbocycles. The van der Waals surface area contributed by atoms with Crippen molar-refractivity contribution in [3.05, 3.63) is 101 Å². The molecule has 0 bridgehead atoms. The zero-order chi connectivity index (χ0) is 28.8. The Bertz CT molecular complexity index is 1650. The van der Waals surface area contributed by atoms with Crippen molar-refractivity contribution in [2.24, 2.45) is 9.98 Å². The summed E-state index contributed by atoms with van der Waals surface area (Å²) in [5.74, 6) is 2.50. The average molecular weight is 564 g/mol. The van der Waals surface area contributed by atoms with Gasteiger partial charge in [-0.2, -0.15) is 0 Å². The van der Waals surface area contributed by atoms with Crippen molar-refractivity contribution >= 4 is 37.5 Å². The van der Waals surface area contributed by atoms with Crippen molar-refractivity contribution in [1.82, 2.24) is 4.90 Å². The summed E-state index contributed by atoms with van der Waals surface area (Å²) in [5, 5.41) is 0.0716. The van der Waals surface area contributed by atoms with E-state index < -0.39 is 8.32 Å². The Labute approximate surface area is 241 Å². The number of amidine groups is 1. The second-order valence-electron chi connectivity index (χ2n) is 11.9. The molecule has 7 nitrogen and oxygen atoms in total. The van der Waals surface area contributed by atoms with Crippen LogP contribution in [0.3, 0.4) is 0 Å². The lowest BCUT2D eigenvalue weighted by atomic mass is 10.0. The van der Waals surface area contributed by atoms with Crippen molar-refractivity contribution < 1.29 is 18.7 Å². The lowest BCUT2D eigenvalue weighted by molar-refractivity contribution is -0.120. The van der Waals surface area contributed by atoms with Gasteiger partial charge >= 0.3 is 0 Å². The maximum atomic E-state index is 13.7. The maximum absolute atomic E-state index is 13.7. The molecule has 0 atom stereocenters. The van der Waals surface area contributed by atoms with Crippen molar-refractivity contribution in [3.63, 3.8) is 0 Å². The first-order valence-electron chi connectivity index (χ1n) is 13.7. The number of hydrogen-bond acceptors (Lipinski definition) is 6. The number of aliphatic imine (C=N–C) groups is 2. The quantitative estimate of drug-likeness (QED) is 0.237. The minimum Gasteiger partial charge on any atom is -0.543 e. The maximum Gasteiger partial charge on any atom is 0.282 e. The molecule has 208 valence electrons. The molecule has 8 heteroatoms. The van der Waals surface area contributed by atoms with Crippen LogP contribution >= 0.6 is 0 Å². The molecule has 0 aromatic heterocycles. The van der Waals surface area contributed by atoms with Gasteiger partial charge in [0.1, 0.15) is 11.4 Å². The zero-order valence-corrected chi connectivity index (χ0v) is 25.0. The monoisotopic (exact) mass is 563 g/mol. The van der Waals surface area contributed by atoms with Gasteiger partial charge in [0, 0.05) is 18.2 Å². The highest BCUT2D eigenvalue weighted by Gasteiger charge is 2.39. The molecule has 0 fully saturated rings. The number of carbonyl (C=O) groups is 1. The largest absolute Gasteiger partial charge is 0.543 e. The summed E-state index contributed by atoms with van der Waals surface area (Å²) in [6.07, 6.45) is 4.09. The van der Waals surface area contributed by atoms with Crippen LogP contribution in [0.5, 0.6) is 17.2 Å². The Balaban J connectivity index is 1.37. The van der Waals surface area contributed by atoms with Gasteiger partial charge in [-0.25, -0.2) is 9.98 Å².